The highest BCUT2D eigenvalue weighted by Gasteiger charge is 2.35. The summed E-state index contributed by atoms with van der Waals surface area (Å²) in [4.78, 5) is 24.9. The molecule has 0 saturated carbocycles. The number of hydroxylamine groups is 1. The van der Waals surface area contributed by atoms with E-state index in [1.807, 2.05) is 0 Å². The molecule has 0 spiro atoms. The predicted molar refractivity (Wildman–Crippen MR) is 67.8 cm³/mol. The van der Waals surface area contributed by atoms with Crippen LogP contribution in [-0.2, 0) is 9.59 Å². The molecule has 2 N–H and O–H groups in total. The van der Waals surface area contributed by atoms with Gasteiger partial charge in [0.05, 0.1) is 5.92 Å². The minimum absolute atomic E-state index is 0.0842. The van der Waals surface area contributed by atoms with Crippen molar-refractivity contribution in [3.8, 4) is 11.5 Å². The van der Waals surface area contributed by atoms with E-state index in [-0.39, 0.29) is 18.9 Å². The fraction of sp³-hybridized carbons (Fsp3) is 0.385. The molecule has 3 rings (SSSR count). The molecule has 0 aliphatic carbocycles. The van der Waals surface area contributed by atoms with Crippen molar-refractivity contribution in [2.45, 2.75) is 6.42 Å². The second-order valence-corrected chi connectivity index (χ2v) is 4.71. The average Bonchev–Trinajstić information content (AvgIpc) is 2.88. The van der Waals surface area contributed by atoms with Gasteiger partial charge in [0.25, 0.3) is 0 Å². The van der Waals surface area contributed by atoms with Gasteiger partial charge in [0.15, 0.2) is 11.5 Å². The van der Waals surface area contributed by atoms with Crippen LogP contribution in [-0.4, -0.2) is 36.8 Å². The molecule has 1 aromatic rings. The summed E-state index contributed by atoms with van der Waals surface area (Å²) in [6, 6.07) is 5.23. The Morgan fingerprint density at radius 2 is 2.05 bits per heavy atom. The van der Waals surface area contributed by atoms with E-state index >= 15 is 0 Å². The van der Waals surface area contributed by atoms with Crippen LogP contribution < -0.4 is 19.9 Å². The molecular formula is C13H14N2O5. The Balaban J connectivity index is 1.82. The molecule has 106 valence electrons. The molecule has 2 amide bonds. The Labute approximate surface area is 115 Å². The second kappa shape index (κ2) is 5.01. The first-order valence-electron chi connectivity index (χ1n) is 6.33. The van der Waals surface area contributed by atoms with Gasteiger partial charge < -0.3 is 14.4 Å². The smallest absolute Gasteiger partial charge is 0.248 e. The number of nitrogens with one attached hydrogen (secondary N) is 1. The number of anilines is 1. The Hall–Kier alpha value is -2.28. The molecule has 2 aliphatic heterocycles. The quantitative estimate of drug-likeness (QED) is 0.600. The summed E-state index contributed by atoms with van der Waals surface area (Å²) in [5, 5.41) is 8.63. The van der Waals surface area contributed by atoms with E-state index in [4.69, 9.17) is 14.7 Å². The van der Waals surface area contributed by atoms with Gasteiger partial charge in [-0.15, -0.1) is 0 Å². The van der Waals surface area contributed by atoms with Crippen LogP contribution in [0.1, 0.15) is 6.42 Å². The van der Waals surface area contributed by atoms with Gasteiger partial charge in [-0.2, -0.15) is 0 Å². The van der Waals surface area contributed by atoms with Gasteiger partial charge in [-0.3, -0.25) is 14.8 Å². The van der Waals surface area contributed by atoms with Gasteiger partial charge in [0.2, 0.25) is 11.8 Å². The molecule has 7 nitrogen and oxygen atoms in total. The number of nitrogens with zero attached hydrogens (tertiary/aromatic N) is 1. The summed E-state index contributed by atoms with van der Waals surface area (Å²) in [6.45, 7) is 1.22. The zero-order chi connectivity index (χ0) is 14.1. The lowest BCUT2D eigenvalue weighted by Gasteiger charge is -2.22. The van der Waals surface area contributed by atoms with E-state index in [1.165, 1.54) is 4.90 Å². The third-order valence-corrected chi connectivity index (χ3v) is 3.44. The maximum absolute atomic E-state index is 12.0. The van der Waals surface area contributed by atoms with Gasteiger partial charge in [0.1, 0.15) is 13.2 Å². The van der Waals surface area contributed by atoms with E-state index in [0.29, 0.717) is 30.4 Å². The minimum Gasteiger partial charge on any atom is -0.486 e. The lowest BCUT2D eigenvalue weighted by Crippen LogP contribution is -2.31. The van der Waals surface area contributed by atoms with Crippen molar-refractivity contribution in [1.82, 2.24) is 5.48 Å². The van der Waals surface area contributed by atoms with Crippen molar-refractivity contribution in [1.29, 1.82) is 0 Å². The van der Waals surface area contributed by atoms with Gasteiger partial charge in [-0.05, 0) is 12.1 Å². The van der Waals surface area contributed by atoms with Crippen molar-refractivity contribution in [2.24, 2.45) is 5.92 Å². The van der Waals surface area contributed by atoms with Crippen LogP contribution in [0.5, 0.6) is 11.5 Å². The van der Waals surface area contributed by atoms with Gasteiger partial charge in [-0.25, -0.2) is 5.48 Å². The zero-order valence-corrected chi connectivity index (χ0v) is 10.7. The molecule has 2 heterocycles. The fourth-order valence-corrected chi connectivity index (χ4v) is 2.42. The number of benzene rings is 1. The molecule has 0 aromatic heterocycles. The molecule has 7 heteroatoms. The molecule has 1 atom stereocenters. The van der Waals surface area contributed by atoms with Gasteiger partial charge in [-0.1, -0.05) is 0 Å². The Kier molecular flexibility index (Phi) is 3.19. The van der Waals surface area contributed by atoms with E-state index in [9.17, 15) is 9.59 Å². The third-order valence-electron chi connectivity index (χ3n) is 3.44. The number of carbonyl (C=O) groups excluding carboxylic acids is 2. The molecule has 0 bridgehead atoms. The van der Waals surface area contributed by atoms with Crippen LogP contribution in [0.4, 0.5) is 5.69 Å². The van der Waals surface area contributed by atoms with Crippen LogP contribution >= 0.6 is 0 Å². The van der Waals surface area contributed by atoms with E-state index in [1.54, 1.807) is 23.7 Å². The average molecular weight is 278 g/mol. The molecular weight excluding hydrogens is 264 g/mol. The number of ether oxygens (including phenoxy) is 2. The largest absolute Gasteiger partial charge is 0.486 e. The molecule has 2 aliphatic rings. The first kappa shape index (κ1) is 12.7. The number of rotatable bonds is 2. The van der Waals surface area contributed by atoms with Crippen LogP contribution in [0.2, 0.25) is 0 Å². The number of amides is 2. The maximum Gasteiger partial charge on any atom is 0.248 e. The van der Waals surface area contributed by atoms with Crippen LogP contribution in [0.25, 0.3) is 0 Å². The van der Waals surface area contributed by atoms with Crippen molar-refractivity contribution < 1.29 is 24.3 Å². The van der Waals surface area contributed by atoms with Crippen LogP contribution in [0.15, 0.2) is 18.2 Å². The lowest BCUT2D eigenvalue weighted by atomic mass is 10.1. The van der Waals surface area contributed by atoms with Crippen molar-refractivity contribution in [3.05, 3.63) is 18.2 Å². The molecule has 1 aromatic carbocycles. The summed E-state index contributed by atoms with van der Waals surface area (Å²) in [5.41, 5.74) is 2.25. The van der Waals surface area contributed by atoms with Crippen LogP contribution in [0.3, 0.4) is 0 Å². The summed E-state index contributed by atoms with van der Waals surface area (Å²) in [6.07, 6.45) is 0.0842. The lowest BCUT2D eigenvalue weighted by molar-refractivity contribution is -0.133. The molecule has 1 fully saturated rings. The summed E-state index contributed by atoms with van der Waals surface area (Å²) >= 11 is 0. The monoisotopic (exact) mass is 278 g/mol. The van der Waals surface area contributed by atoms with E-state index < -0.39 is 11.8 Å². The Morgan fingerprint density at radius 3 is 2.80 bits per heavy atom. The highest BCUT2D eigenvalue weighted by Crippen LogP contribution is 2.35. The van der Waals surface area contributed by atoms with Crippen LogP contribution in [0, 0.1) is 5.92 Å². The standard InChI is InChI=1S/C13H14N2O5/c16-12-5-8(13(17)14-18)7-15(12)9-1-2-10-11(6-9)20-4-3-19-10/h1-2,6,8,18H,3-5,7H2,(H,14,17)/t8-/m1/s1. The van der Waals surface area contributed by atoms with Crippen molar-refractivity contribution >= 4 is 17.5 Å². The molecule has 0 unspecified atom stereocenters. The first-order chi connectivity index (χ1) is 9.69. The Morgan fingerprint density at radius 1 is 1.30 bits per heavy atom. The first-order valence-corrected chi connectivity index (χ1v) is 6.33. The van der Waals surface area contributed by atoms with Crippen molar-refractivity contribution in [2.75, 3.05) is 24.7 Å². The van der Waals surface area contributed by atoms with Crippen molar-refractivity contribution in [3.63, 3.8) is 0 Å². The summed E-state index contributed by atoms with van der Waals surface area (Å²) in [5.74, 6) is 0.00211. The minimum atomic E-state index is -0.543. The highest BCUT2D eigenvalue weighted by atomic mass is 16.6. The Bertz CT molecular complexity index is 560. The SMILES string of the molecule is O=C(NO)[C@@H]1CC(=O)N(c2ccc3c(c2)OCCO3)C1. The zero-order valence-electron chi connectivity index (χ0n) is 10.7. The molecule has 0 radical (unpaired) electrons. The number of hydrogen-bond donors (Lipinski definition) is 2. The topological polar surface area (TPSA) is 88.1 Å². The van der Waals surface area contributed by atoms with E-state index in [0.717, 1.165) is 0 Å². The molecule has 1 saturated heterocycles. The number of fused-ring (bicyclic) bond motifs is 1. The summed E-state index contributed by atoms with van der Waals surface area (Å²) in [7, 11) is 0. The predicted octanol–water partition coefficient (Wildman–Crippen LogP) is 0.316. The fourth-order valence-electron chi connectivity index (χ4n) is 2.42. The second-order valence-electron chi connectivity index (χ2n) is 4.71. The molecule has 20 heavy (non-hydrogen) atoms. The van der Waals surface area contributed by atoms with Gasteiger partial charge in [0, 0.05) is 24.7 Å². The van der Waals surface area contributed by atoms with E-state index in [2.05, 4.69) is 0 Å². The number of carbonyl (C=O) groups is 2. The van der Waals surface area contributed by atoms with Gasteiger partial charge >= 0.3 is 0 Å². The third kappa shape index (κ3) is 2.16. The highest BCUT2D eigenvalue weighted by molar-refractivity contribution is 6.00. The summed E-state index contributed by atoms with van der Waals surface area (Å²) < 4.78 is 10.9. The normalized spacial score (nSPS) is 20.9. The number of hydrogen-bond acceptors (Lipinski definition) is 5. The maximum atomic E-state index is 12.0.